The zero-order chi connectivity index (χ0) is 20.5. The summed E-state index contributed by atoms with van der Waals surface area (Å²) in [7, 11) is 3.18. The van der Waals surface area contributed by atoms with Gasteiger partial charge >= 0.3 is 0 Å². The summed E-state index contributed by atoms with van der Waals surface area (Å²) in [6, 6.07) is 15.7. The molecule has 1 aliphatic rings. The molecule has 1 aliphatic heterocycles. The van der Waals surface area contributed by atoms with Gasteiger partial charge in [0.1, 0.15) is 11.5 Å². The van der Waals surface area contributed by atoms with Gasteiger partial charge in [0.05, 0.1) is 20.8 Å². The third-order valence-corrected chi connectivity index (χ3v) is 4.94. The summed E-state index contributed by atoms with van der Waals surface area (Å²) in [4.78, 5) is 17.0. The van der Waals surface area contributed by atoms with Crippen molar-refractivity contribution in [1.82, 2.24) is 9.80 Å². The number of benzene rings is 2. The Hall–Kier alpha value is -2.83. The number of nitrogens with one attached hydrogen (secondary N) is 1. The van der Waals surface area contributed by atoms with Gasteiger partial charge in [-0.2, -0.15) is 0 Å². The van der Waals surface area contributed by atoms with Gasteiger partial charge in [0, 0.05) is 56.6 Å². The first-order valence-electron chi connectivity index (χ1n) is 9.85. The topological polar surface area (TPSA) is 54.0 Å². The summed E-state index contributed by atoms with van der Waals surface area (Å²) in [6.45, 7) is 4.99. The third kappa shape index (κ3) is 6.62. The van der Waals surface area contributed by atoms with E-state index >= 15 is 0 Å². The van der Waals surface area contributed by atoms with Gasteiger partial charge < -0.3 is 14.8 Å². The SMILES string of the molecule is COc1cc(NC(=O)CN2CCN(C/C=C/c3ccccc3)CC2)cc(OC)c1. The van der Waals surface area contributed by atoms with Crippen molar-refractivity contribution >= 4 is 17.7 Å². The lowest BCUT2D eigenvalue weighted by molar-refractivity contribution is -0.117. The summed E-state index contributed by atoms with van der Waals surface area (Å²) in [5.41, 5.74) is 1.90. The Kier molecular flexibility index (Phi) is 7.67. The average Bonchev–Trinajstić information content (AvgIpc) is 2.75. The Morgan fingerprint density at radius 1 is 0.966 bits per heavy atom. The second kappa shape index (κ2) is 10.6. The van der Waals surface area contributed by atoms with Gasteiger partial charge in [0.2, 0.25) is 5.91 Å². The van der Waals surface area contributed by atoms with Crippen molar-refractivity contribution in [1.29, 1.82) is 0 Å². The van der Waals surface area contributed by atoms with E-state index in [1.54, 1.807) is 32.4 Å². The van der Waals surface area contributed by atoms with E-state index in [4.69, 9.17) is 9.47 Å². The standard InChI is InChI=1S/C23H29N3O3/c1-28-21-15-20(16-22(17-21)29-2)24-23(27)18-26-13-11-25(12-14-26)10-6-9-19-7-4-3-5-8-19/h3-9,15-17H,10-14,18H2,1-2H3,(H,24,27)/b9-6+. The molecule has 1 fully saturated rings. The molecule has 0 bridgehead atoms. The molecule has 0 atom stereocenters. The Labute approximate surface area is 172 Å². The average molecular weight is 396 g/mol. The number of anilines is 1. The molecule has 0 aromatic heterocycles. The van der Waals surface area contributed by atoms with Crippen LogP contribution >= 0.6 is 0 Å². The molecule has 29 heavy (non-hydrogen) atoms. The van der Waals surface area contributed by atoms with Crippen LogP contribution in [-0.2, 0) is 4.79 Å². The number of hydrogen-bond acceptors (Lipinski definition) is 5. The highest BCUT2D eigenvalue weighted by Gasteiger charge is 2.18. The normalized spacial score (nSPS) is 15.4. The fourth-order valence-corrected chi connectivity index (χ4v) is 3.32. The van der Waals surface area contributed by atoms with E-state index in [0.717, 1.165) is 32.7 Å². The van der Waals surface area contributed by atoms with Gasteiger partial charge in [0.15, 0.2) is 0 Å². The molecule has 0 saturated carbocycles. The van der Waals surface area contributed by atoms with Gasteiger partial charge in [-0.1, -0.05) is 42.5 Å². The zero-order valence-corrected chi connectivity index (χ0v) is 17.1. The Bertz CT molecular complexity index is 793. The molecule has 0 radical (unpaired) electrons. The van der Waals surface area contributed by atoms with Crippen LogP contribution in [0.1, 0.15) is 5.56 Å². The molecule has 0 aliphatic carbocycles. The lowest BCUT2D eigenvalue weighted by atomic mass is 10.2. The summed E-state index contributed by atoms with van der Waals surface area (Å²) >= 11 is 0. The summed E-state index contributed by atoms with van der Waals surface area (Å²) in [5.74, 6) is 1.27. The maximum absolute atomic E-state index is 12.4. The third-order valence-electron chi connectivity index (χ3n) is 4.94. The molecule has 0 unspecified atom stereocenters. The van der Waals surface area contributed by atoms with Gasteiger partial charge in [-0.05, 0) is 5.56 Å². The first-order valence-corrected chi connectivity index (χ1v) is 9.85. The molecule has 1 N–H and O–H groups in total. The quantitative estimate of drug-likeness (QED) is 0.745. The van der Waals surface area contributed by atoms with Crippen LogP contribution in [0.5, 0.6) is 11.5 Å². The molecular weight excluding hydrogens is 366 g/mol. The van der Waals surface area contributed by atoms with E-state index in [-0.39, 0.29) is 5.91 Å². The zero-order valence-electron chi connectivity index (χ0n) is 17.1. The van der Waals surface area contributed by atoms with Crippen LogP contribution in [-0.4, -0.2) is 69.2 Å². The second-order valence-electron chi connectivity index (χ2n) is 7.04. The minimum Gasteiger partial charge on any atom is -0.497 e. The molecule has 1 heterocycles. The number of methoxy groups -OCH3 is 2. The van der Waals surface area contributed by atoms with Gasteiger partial charge in [-0.25, -0.2) is 0 Å². The van der Waals surface area contributed by atoms with Crippen LogP contribution in [0.15, 0.2) is 54.6 Å². The molecule has 1 saturated heterocycles. The lowest BCUT2D eigenvalue weighted by Gasteiger charge is -2.33. The van der Waals surface area contributed by atoms with Crippen molar-refractivity contribution in [3.8, 4) is 11.5 Å². The fraction of sp³-hybridized carbons (Fsp3) is 0.348. The number of amides is 1. The summed E-state index contributed by atoms with van der Waals surface area (Å²) in [5, 5.41) is 2.94. The van der Waals surface area contributed by atoms with Crippen LogP contribution in [0.4, 0.5) is 5.69 Å². The highest BCUT2D eigenvalue weighted by Crippen LogP contribution is 2.25. The first kappa shape index (κ1) is 20.9. The van der Waals surface area contributed by atoms with E-state index in [9.17, 15) is 4.79 Å². The highest BCUT2D eigenvalue weighted by molar-refractivity contribution is 5.92. The fourth-order valence-electron chi connectivity index (χ4n) is 3.32. The number of piperazine rings is 1. The van der Waals surface area contributed by atoms with Crippen molar-refractivity contribution in [3.63, 3.8) is 0 Å². The van der Waals surface area contributed by atoms with Crippen LogP contribution in [0.3, 0.4) is 0 Å². The minimum atomic E-state index is -0.0299. The maximum atomic E-state index is 12.4. The van der Waals surface area contributed by atoms with Crippen LogP contribution < -0.4 is 14.8 Å². The maximum Gasteiger partial charge on any atom is 0.238 e. The second-order valence-corrected chi connectivity index (χ2v) is 7.04. The summed E-state index contributed by atoms with van der Waals surface area (Å²) in [6.07, 6.45) is 4.36. The van der Waals surface area contributed by atoms with Gasteiger partial charge in [-0.15, -0.1) is 0 Å². The Balaban J connectivity index is 1.42. The van der Waals surface area contributed by atoms with Crippen molar-refractivity contribution in [2.45, 2.75) is 0 Å². The van der Waals surface area contributed by atoms with Crippen LogP contribution in [0.2, 0.25) is 0 Å². The van der Waals surface area contributed by atoms with Crippen molar-refractivity contribution in [3.05, 3.63) is 60.2 Å². The molecule has 0 spiro atoms. The smallest absolute Gasteiger partial charge is 0.238 e. The molecule has 2 aromatic carbocycles. The highest BCUT2D eigenvalue weighted by atomic mass is 16.5. The summed E-state index contributed by atoms with van der Waals surface area (Å²) < 4.78 is 10.5. The largest absolute Gasteiger partial charge is 0.497 e. The van der Waals surface area contributed by atoms with E-state index in [1.807, 2.05) is 18.2 Å². The number of nitrogens with zero attached hydrogens (tertiary/aromatic N) is 2. The van der Waals surface area contributed by atoms with Gasteiger partial charge in [0.25, 0.3) is 0 Å². The molecule has 1 amide bonds. The predicted octanol–water partition coefficient (Wildman–Crippen LogP) is 2.97. The van der Waals surface area contributed by atoms with Crippen LogP contribution in [0, 0.1) is 0 Å². The number of rotatable bonds is 8. The molecule has 6 heteroatoms. The molecule has 3 rings (SSSR count). The van der Waals surface area contributed by atoms with Crippen LogP contribution in [0.25, 0.3) is 6.08 Å². The monoisotopic (exact) mass is 395 g/mol. The Morgan fingerprint density at radius 2 is 1.59 bits per heavy atom. The van der Waals surface area contributed by atoms with Crippen molar-refractivity contribution in [2.24, 2.45) is 0 Å². The van der Waals surface area contributed by atoms with Crippen molar-refractivity contribution in [2.75, 3.05) is 58.8 Å². The lowest BCUT2D eigenvalue weighted by Crippen LogP contribution is -2.48. The van der Waals surface area contributed by atoms with Gasteiger partial charge in [-0.3, -0.25) is 14.6 Å². The number of hydrogen-bond donors (Lipinski definition) is 1. The van der Waals surface area contributed by atoms with E-state index in [2.05, 4.69) is 39.4 Å². The molecule has 6 nitrogen and oxygen atoms in total. The number of carbonyl (C=O) groups is 1. The molecular formula is C23H29N3O3. The van der Waals surface area contributed by atoms with Crippen molar-refractivity contribution < 1.29 is 14.3 Å². The number of ether oxygens (including phenoxy) is 2. The molecule has 154 valence electrons. The predicted molar refractivity (Wildman–Crippen MR) is 117 cm³/mol. The van der Waals surface area contributed by atoms with E-state index in [0.29, 0.717) is 23.7 Å². The Morgan fingerprint density at radius 3 is 2.21 bits per heavy atom. The molecule has 2 aromatic rings. The van der Waals surface area contributed by atoms with E-state index in [1.165, 1.54) is 5.56 Å². The first-order chi connectivity index (χ1) is 14.2. The number of carbonyl (C=O) groups excluding carboxylic acids is 1. The van der Waals surface area contributed by atoms with E-state index < -0.39 is 0 Å². The minimum absolute atomic E-state index is 0.0299.